The third-order valence-corrected chi connectivity index (χ3v) is 2.37. The third kappa shape index (κ3) is 2.87. The molecule has 0 aliphatic carbocycles. The highest BCUT2D eigenvalue weighted by Crippen LogP contribution is 2.25. The van der Waals surface area contributed by atoms with E-state index >= 15 is 0 Å². The maximum absolute atomic E-state index is 13.6. The fraction of sp³-hybridized carbons (Fsp3) is 0. The first kappa shape index (κ1) is 12.6. The van der Waals surface area contributed by atoms with Gasteiger partial charge in [-0.3, -0.25) is 0 Å². The number of rotatable bonds is 3. The second-order valence-corrected chi connectivity index (χ2v) is 3.69. The Kier molecular flexibility index (Phi) is 3.44. The molecule has 0 atom stereocenters. The fourth-order valence-electron chi connectivity index (χ4n) is 1.47. The highest BCUT2D eigenvalue weighted by Gasteiger charge is 2.08. The first-order valence-corrected chi connectivity index (χ1v) is 5.31. The average Bonchev–Trinajstić information content (AvgIpc) is 2.41. The quantitative estimate of drug-likeness (QED) is 0.916. The minimum atomic E-state index is -1.09. The van der Waals surface area contributed by atoms with E-state index in [2.05, 4.69) is 0 Å². The molecule has 2 rings (SSSR count). The topological polar surface area (TPSA) is 70.3 Å². The molecule has 94 valence electrons. The fourth-order valence-corrected chi connectivity index (χ4v) is 1.47. The van der Waals surface area contributed by atoms with Crippen LogP contribution in [0.3, 0.4) is 0 Å². The van der Waals surface area contributed by atoms with Gasteiger partial charge in [-0.1, -0.05) is 6.07 Å². The Labute approximate surface area is 108 Å². The van der Waals surface area contributed by atoms with E-state index in [-0.39, 0.29) is 22.6 Å². The van der Waals surface area contributed by atoms with Crippen molar-refractivity contribution in [3.05, 3.63) is 59.4 Å². The molecule has 19 heavy (non-hydrogen) atoms. The summed E-state index contributed by atoms with van der Waals surface area (Å²) in [5, 5.41) is 17.4. The molecule has 0 bridgehead atoms. The molecule has 0 heterocycles. The summed E-state index contributed by atoms with van der Waals surface area (Å²) in [6.07, 6.45) is 0. The molecule has 5 heteroatoms. The van der Waals surface area contributed by atoms with Gasteiger partial charge in [0.15, 0.2) is 11.6 Å². The van der Waals surface area contributed by atoms with Crippen LogP contribution in [0.5, 0.6) is 11.5 Å². The van der Waals surface area contributed by atoms with Crippen LogP contribution in [0.25, 0.3) is 0 Å². The predicted molar refractivity (Wildman–Crippen MR) is 64.6 cm³/mol. The van der Waals surface area contributed by atoms with E-state index in [1.807, 2.05) is 6.07 Å². The summed E-state index contributed by atoms with van der Waals surface area (Å²) in [6, 6.07) is 11.3. The number of carboxylic acids is 1. The van der Waals surface area contributed by atoms with Crippen LogP contribution in [0.2, 0.25) is 0 Å². The summed E-state index contributed by atoms with van der Waals surface area (Å²) >= 11 is 0. The molecule has 0 saturated carbocycles. The van der Waals surface area contributed by atoms with Crippen molar-refractivity contribution in [3.63, 3.8) is 0 Å². The molecular weight excluding hydrogens is 249 g/mol. The maximum atomic E-state index is 13.6. The van der Waals surface area contributed by atoms with E-state index < -0.39 is 11.8 Å². The Morgan fingerprint density at radius 3 is 2.68 bits per heavy atom. The molecule has 0 radical (unpaired) electrons. The highest BCUT2D eigenvalue weighted by molar-refractivity contribution is 5.88. The molecule has 0 amide bonds. The summed E-state index contributed by atoms with van der Waals surface area (Å²) in [5.41, 5.74) is 0.232. The van der Waals surface area contributed by atoms with Crippen LogP contribution >= 0.6 is 0 Å². The standard InChI is InChI=1S/C14H8FNO3/c15-12-6-9(8-16)4-5-13(12)19-11-3-1-2-10(7-11)14(17)18/h1-7H,(H,17,18). The Morgan fingerprint density at radius 2 is 2.05 bits per heavy atom. The molecule has 0 unspecified atom stereocenters. The van der Waals surface area contributed by atoms with E-state index in [0.717, 1.165) is 6.07 Å². The van der Waals surface area contributed by atoms with Gasteiger partial charge in [0.1, 0.15) is 5.75 Å². The summed E-state index contributed by atoms with van der Waals surface area (Å²) in [5.74, 6) is -1.63. The lowest BCUT2D eigenvalue weighted by molar-refractivity contribution is 0.0696. The second-order valence-electron chi connectivity index (χ2n) is 3.69. The van der Waals surface area contributed by atoms with Crippen LogP contribution < -0.4 is 4.74 Å². The van der Waals surface area contributed by atoms with Gasteiger partial charge in [0.05, 0.1) is 17.2 Å². The van der Waals surface area contributed by atoms with E-state index in [9.17, 15) is 9.18 Å². The zero-order valence-electron chi connectivity index (χ0n) is 9.63. The maximum Gasteiger partial charge on any atom is 0.335 e. The van der Waals surface area contributed by atoms with Crippen molar-refractivity contribution in [1.29, 1.82) is 5.26 Å². The SMILES string of the molecule is N#Cc1ccc(Oc2cccc(C(=O)O)c2)c(F)c1. The Hall–Kier alpha value is -2.87. The summed E-state index contributed by atoms with van der Waals surface area (Å²) in [4.78, 5) is 10.8. The van der Waals surface area contributed by atoms with Crippen LogP contribution in [0.4, 0.5) is 4.39 Å². The van der Waals surface area contributed by atoms with Crippen LogP contribution in [-0.2, 0) is 0 Å². The van der Waals surface area contributed by atoms with Gasteiger partial charge in [-0.15, -0.1) is 0 Å². The van der Waals surface area contributed by atoms with Crippen molar-refractivity contribution < 1.29 is 19.0 Å². The third-order valence-electron chi connectivity index (χ3n) is 2.37. The van der Waals surface area contributed by atoms with Gasteiger partial charge in [-0.2, -0.15) is 5.26 Å². The number of carbonyl (C=O) groups is 1. The van der Waals surface area contributed by atoms with Crippen molar-refractivity contribution in [2.45, 2.75) is 0 Å². The lowest BCUT2D eigenvalue weighted by atomic mass is 10.2. The molecular formula is C14H8FNO3. The van der Waals surface area contributed by atoms with Gasteiger partial charge in [0.25, 0.3) is 0 Å². The normalized spacial score (nSPS) is 9.68. The predicted octanol–water partition coefficient (Wildman–Crippen LogP) is 3.19. The lowest BCUT2D eigenvalue weighted by Crippen LogP contribution is -1.96. The average molecular weight is 257 g/mol. The minimum Gasteiger partial charge on any atom is -0.478 e. The van der Waals surface area contributed by atoms with Gasteiger partial charge < -0.3 is 9.84 Å². The van der Waals surface area contributed by atoms with Crippen molar-refractivity contribution in [1.82, 2.24) is 0 Å². The Morgan fingerprint density at radius 1 is 1.26 bits per heavy atom. The first-order chi connectivity index (χ1) is 9.10. The van der Waals surface area contributed by atoms with E-state index in [1.165, 1.54) is 36.4 Å². The Balaban J connectivity index is 2.29. The number of hydrogen-bond donors (Lipinski definition) is 1. The van der Waals surface area contributed by atoms with Gasteiger partial charge in [0, 0.05) is 0 Å². The molecule has 0 aliphatic heterocycles. The number of ether oxygens (including phenoxy) is 1. The van der Waals surface area contributed by atoms with Crippen molar-refractivity contribution >= 4 is 5.97 Å². The monoisotopic (exact) mass is 257 g/mol. The number of halogens is 1. The number of hydrogen-bond acceptors (Lipinski definition) is 3. The molecule has 0 fully saturated rings. The summed E-state index contributed by atoms with van der Waals surface area (Å²) in [6.45, 7) is 0. The van der Waals surface area contributed by atoms with Gasteiger partial charge >= 0.3 is 5.97 Å². The van der Waals surface area contributed by atoms with E-state index in [1.54, 1.807) is 0 Å². The zero-order chi connectivity index (χ0) is 13.8. The van der Waals surface area contributed by atoms with Crippen LogP contribution in [0.1, 0.15) is 15.9 Å². The second kappa shape index (κ2) is 5.19. The van der Waals surface area contributed by atoms with Gasteiger partial charge in [-0.25, -0.2) is 9.18 Å². The van der Waals surface area contributed by atoms with Gasteiger partial charge in [-0.05, 0) is 36.4 Å². The van der Waals surface area contributed by atoms with Crippen molar-refractivity contribution in [3.8, 4) is 17.6 Å². The highest BCUT2D eigenvalue weighted by atomic mass is 19.1. The molecule has 0 spiro atoms. The molecule has 2 aromatic rings. The minimum absolute atomic E-state index is 0.0477. The summed E-state index contributed by atoms with van der Waals surface area (Å²) in [7, 11) is 0. The van der Waals surface area contributed by atoms with Crippen molar-refractivity contribution in [2.75, 3.05) is 0 Å². The zero-order valence-corrected chi connectivity index (χ0v) is 9.63. The number of nitrogens with zero attached hydrogens (tertiary/aromatic N) is 1. The van der Waals surface area contributed by atoms with E-state index in [4.69, 9.17) is 15.1 Å². The van der Waals surface area contributed by atoms with Crippen LogP contribution in [-0.4, -0.2) is 11.1 Å². The number of nitriles is 1. The molecule has 0 saturated heterocycles. The number of benzene rings is 2. The van der Waals surface area contributed by atoms with Crippen LogP contribution in [0.15, 0.2) is 42.5 Å². The number of carboxylic acid groups (broad SMARTS) is 1. The number of aromatic carboxylic acids is 1. The lowest BCUT2D eigenvalue weighted by Gasteiger charge is -2.07. The first-order valence-electron chi connectivity index (χ1n) is 5.31. The molecule has 0 aromatic heterocycles. The van der Waals surface area contributed by atoms with Gasteiger partial charge in [0.2, 0.25) is 0 Å². The molecule has 0 aliphatic rings. The van der Waals surface area contributed by atoms with Crippen LogP contribution in [0, 0.1) is 17.1 Å². The smallest absolute Gasteiger partial charge is 0.335 e. The molecule has 4 nitrogen and oxygen atoms in total. The largest absolute Gasteiger partial charge is 0.478 e. The molecule has 2 aromatic carbocycles. The summed E-state index contributed by atoms with van der Waals surface area (Å²) < 4.78 is 18.8. The Bertz CT molecular complexity index is 677. The van der Waals surface area contributed by atoms with Crippen molar-refractivity contribution in [2.24, 2.45) is 0 Å². The van der Waals surface area contributed by atoms with E-state index in [0.29, 0.717) is 0 Å². The molecule has 1 N–H and O–H groups in total.